The third-order valence-corrected chi connectivity index (χ3v) is 2.54. The molecule has 1 atom stereocenters. The van der Waals surface area contributed by atoms with Crippen molar-refractivity contribution < 1.29 is 9.53 Å². The highest BCUT2D eigenvalue weighted by molar-refractivity contribution is 5.81. The molecule has 3 heteroatoms. The van der Waals surface area contributed by atoms with Gasteiger partial charge in [-0.1, -0.05) is 6.58 Å². The summed E-state index contributed by atoms with van der Waals surface area (Å²) in [6.07, 6.45) is 2.19. The van der Waals surface area contributed by atoms with Crippen molar-refractivity contribution in [2.45, 2.75) is 38.8 Å². The molecular weight excluding hydrogens is 178 g/mol. The molecule has 0 aromatic rings. The summed E-state index contributed by atoms with van der Waals surface area (Å²) in [6, 6.07) is 0. The highest BCUT2D eigenvalue weighted by atomic mass is 16.5. The lowest BCUT2D eigenvalue weighted by atomic mass is 10.1. The lowest BCUT2D eigenvalue weighted by Crippen LogP contribution is -2.40. The fourth-order valence-electron chi connectivity index (χ4n) is 1.65. The van der Waals surface area contributed by atoms with Gasteiger partial charge < -0.3 is 4.74 Å². The van der Waals surface area contributed by atoms with Gasteiger partial charge in [0.05, 0.1) is 0 Å². The van der Waals surface area contributed by atoms with Crippen molar-refractivity contribution in [1.29, 1.82) is 0 Å². The minimum Gasteiger partial charge on any atom is -0.458 e. The summed E-state index contributed by atoms with van der Waals surface area (Å²) in [5.74, 6) is -0.314. The van der Waals surface area contributed by atoms with Crippen molar-refractivity contribution in [2.24, 2.45) is 0 Å². The van der Waals surface area contributed by atoms with E-state index >= 15 is 0 Å². The number of esters is 1. The third kappa shape index (κ3) is 2.84. The lowest BCUT2D eigenvalue weighted by Gasteiger charge is -2.31. The second-order valence-corrected chi connectivity index (χ2v) is 4.67. The molecule has 0 aromatic carbocycles. The lowest BCUT2D eigenvalue weighted by molar-refractivity contribution is -0.142. The van der Waals surface area contributed by atoms with Gasteiger partial charge in [-0.25, -0.2) is 4.79 Å². The average Bonchev–Trinajstić information content (AvgIpc) is 2.51. The molecule has 1 aliphatic rings. The Labute approximate surface area is 85.7 Å². The fourth-order valence-corrected chi connectivity index (χ4v) is 1.65. The van der Waals surface area contributed by atoms with E-state index in [4.69, 9.17) is 4.74 Å². The molecule has 0 N–H and O–H groups in total. The summed E-state index contributed by atoms with van der Waals surface area (Å²) in [4.78, 5) is 13.3. The van der Waals surface area contributed by atoms with E-state index in [9.17, 15) is 4.79 Å². The Morgan fingerprint density at radius 3 is 2.64 bits per heavy atom. The second-order valence-electron chi connectivity index (χ2n) is 4.67. The van der Waals surface area contributed by atoms with Gasteiger partial charge in [-0.05, 0) is 27.2 Å². The number of ether oxygens (including phenoxy) is 1. The molecule has 1 heterocycles. The number of nitrogens with zero attached hydrogens (tertiary/aromatic N) is 1. The van der Waals surface area contributed by atoms with E-state index < -0.39 is 0 Å². The molecule has 3 nitrogen and oxygen atoms in total. The molecule has 0 spiro atoms. The molecule has 0 amide bonds. The molecular formula is C11H19NO2. The monoisotopic (exact) mass is 197 g/mol. The predicted molar refractivity (Wildman–Crippen MR) is 56.0 cm³/mol. The van der Waals surface area contributed by atoms with Crippen molar-refractivity contribution >= 4 is 5.97 Å². The van der Waals surface area contributed by atoms with E-state index in [1.807, 2.05) is 0 Å². The van der Waals surface area contributed by atoms with Crippen LogP contribution in [0.15, 0.2) is 12.7 Å². The van der Waals surface area contributed by atoms with Crippen molar-refractivity contribution in [3.63, 3.8) is 0 Å². The number of carbonyl (C=O) groups excluding carboxylic acids is 1. The fraction of sp³-hybridized carbons (Fsp3) is 0.727. The highest BCUT2D eigenvalue weighted by Gasteiger charge is 2.31. The number of likely N-dealkylation sites (tertiary alicyclic amines) is 1. The number of hydrogen-bond acceptors (Lipinski definition) is 3. The van der Waals surface area contributed by atoms with Crippen LogP contribution in [0.4, 0.5) is 0 Å². The van der Waals surface area contributed by atoms with E-state index in [2.05, 4.69) is 32.3 Å². The van der Waals surface area contributed by atoms with Gasteiger partial charge in [-0.3, -0.25) is 4.90 Å². The molecule has 0 saturated carbocycles. The Morgan fingerprint density at radius 2 is 2.21 bits per heavy atom. The standard InChI is InChI=1S/C11H19NO2/c1-5-10(13)14-9-6-7-12(8-9)11(2,3)4/h5,9H,1,6-8H2,2-4H3. The maximum atomic E-state index is 11.0. The molecule has 1 saturated heterocycles. The highest BCUT2D eigenvalue weighted by Crippen LogP contribution is 2.22. The largest absolute Gasteiger partial charge is 0.458 e. The van der Waals surface area contributed by atoms with Gasteiger partial charge in [0, 0.05) is 24.7 Å². The maximum absolute atomic E-state index is 11.0. The van der Waals surface area contributed by atoms with Crippen molar-refractivity contribution in [3.8, 4) is 0 Å². The minimum absolute atomic E-state index is 0.0414. The molecule has 80 valence electrons. The summed E-state index contributed by atoms with van der Waals surface area (Å²) in [6.45, 7) is 11.7. The Bertz CT molecular complexity index is 230. The third-order valence-electron chi connectivity index (χ3n) is 2.54. The van der Waals surface area contributed by atoms with Crippen LogP contribution < -0.4 is 0 Å². The molecule has 0 aliphatic carbocycles. The summed E-state index contributed by atoms with van der Waals surface area (Å²) >= 11 is 0. The van der Waals surface area contributed by atoms with Gasteiger partial charge in [-0.15, -0.1) is 0 Å². The number of rotatable bonds is 2. The summed E-state index contributed by atoms with van der Waals surface area (Å²) < 4.78 is 5.19. The average molecular weight is 197 g/mol. The van der Waals surface area contributed by atoms with Crippen LogP contribution in [0.3, 0.4) is 0 Å². The molecule has 0 bridgehead atoms. The van der Waals surface area contributed by atoms with Crippen molar-refractivity contribution in [1.82, 2.24) is 4.90 Å². The summed E-state index contributed by atoms with van der Waals surface area (Å²) in [5, 5.41) is 0. The van der Waals surface area contributed by atoms with Crippen LogP contribution in [-0.2, 0) is 9.53 Å². The SMILES string of the molecule is C=CC(=O)OC1CCN(C(C)(C)C)C1. The van der Waals surface area contributed by atoms with Gasteiger partial charge in [-0.2, -0.15) is 0 Å². The molecule has 14 heavy (non-hydrogen) atoms. The molecule has 1 unspecified atom stereocenters. The molecule has 0 radical (unpaired) electrons. The first-order chi connectivity index (χ1) is 6.43. The number of hydrogen-bond donors (Lipinski definition) is 0. The van der Waals surface area contributed by atoms with E-state index in [1.54, 1.807) is 0 Å². The van der Waals surface area contributed by atoms with Gasteiger partial charge in [0.25, 0.3) is 0 Å². The zero-order chi connectivity index (χ0) is 10.8. The summed E-state index contributed by atoms with van der Waals surface area (Å²) in [7, 11) is 0. The molecule has 1 fully saturated rings. The van der Waals surface area contributed by atoms with E-state index in [-0.39, 0.29) is 17.6 Å². The Balaban J connectivity index is 2.42. The first kappa shape index (κ1) is 11.2. The normalized spacial score (nSPS) is 23.5. The topological polar surface area (TPSA) is 29.5 Å². The summed E-state index contributed by atoms with van der Waals surface area (Å²) in [5.41, 5.74) is 0.162. The first-order valence-electron chi connectivity index (χ1n) is 5.01. The molecule has 1 rings (SSSR count). The van der Waals surface area contributed by atoms with Gasteiger partial charge in [0.1, 0.15) is 6.10 Å². The van der Waals surface area contributed by atoms with Gasteiger partial charge in [0.15, 0.2) is 0 Å². The second kappa shape index (κ2) is 4.13. The van der Waals surface area contributed by atoms with Crippen molar-refractivity contribution in [3.05, 3.63) is 12.7 Å². The Kier molecular flexibility index (Phi) is 3.32. The quantitative estimate of drug-likeness (QED) is 0.497. The molecule has 1 aliphatic heterocycles. The maximum Gasteiger partial charge on any atom is 0.330 e. The minimum atomic E-state index is -0.314. The van der Waals surface area contributed by atoms with Crippen LogP contribution in [-0.4, -0.2) is 35.6 Å². The van der Waals surface area contributed by atoms with E-state index in [1.165, 1.54) is 6.08 Å². The Morgan fingerprint density at radius 1 is 1.57 bits per heavy atom. The predicted octanol–water partition coefficient (Wildman–Crippen LogP) is 1.59. The zero-order valence-electron chi connectivity index (χ0n) is 9.25. The molecule has 0 aromatic heterocycles. The van der Waals surface area contributed by atoms with Gasteiger partial charge >= 0.3 is 5.97 Å². The number of carbonyl (C=O) groups is 1. The Hall–Kier alpha value is -0.830. The zero-order valence-corrected chi connectivity index (χ0v) is 9.25. The van der Waals surface area contributed by atoms with Crippen LogP contribution in [0.5, 0.6) is 0 Å². The van der Waals surface area contributed by atoms with Crippen LogP contribution in [0, 0.1) is 0 Å². The van der Waals surface area contributed by atoms with Crippen molar-refractivity contribution in [2.75, 3.05) is 13.1 Å². The van der Waals surface area contributed by atoms with Crippen LogP contribution in [0.1, 0.15) is 27.2 Å². The van der Waals surface area contributed by atoms with E-state index in [0.29, 0.717) is 0 Å². The van der Waals surface area contributed by atoms with Crippen LogP contribution in [0.25, 0.3) is 0 Å². The smallest absolute Gasteiger partial charge is 0.330 e. The van der Waals surface area contributed by atoms with Gasteiger partial charge in [0.2, 0.25) is 0 Å². The van der Waals surface area contributed by atoms with E-state index in [0.717, 1.165) is 19.5 Å². The van der Waals surface area contributed by atoms with Crippen LogP contribution in [0.2, 0.25) is 0 Å². The van der Waals surface area contributed by atoms with Crippen LogP contribution >= 0.6 is 0 Å². The first-order valence-corrected chi connectivity index (χ1v) is 5.01.